The van der Waals surface area contributed by atoms with Crippen LogP contribution in [0.3, 0.4) is 0 Å². The van der Waals surface area contributed by atoms with Crippen molar-refractivity contribution in [2.45, 2.75) is 6.92 Å². The fraction of sp³-hybridized carbons (Fsp3) is 0.200. The Morgan fingerprint density at radius 2 is 2.05 bits per heavy atom. The maximum atomic E-state index is 5.72. The first-order valence-corrected chi connectivity index (χ1v) is 7.21. The van der Waals surface area contributed by atoms with Crippen LogP contribution in [0, 0.1) is 10.5 Å². The van der Waals surface area contributed by atoms with Gasteiger partial charge >= 0.3 is 0 Å². The average Bonchev–Trinajstić information content (AvgIpc) is 2.37. The standard InChI is InChI=1S/C15H17IN2O/c1-11-3-2-4-13(9-11)19-8-7-18-15-6-5-12(17)10-14(15)16/h2-6,9-10,18H,7-8,17H2,1H3. The fourth-order valence-corrected chi connectivity index (χ4v) is 2.46. The van der Waals surface area contributed by atoms with Crippen molar-refractivity contribution in [3.05, 3.63) is 51.6 Å². The van der Waals surface area contributed by atoms with E-state index in [0.29, 0.717) is 6.61 Å². The van der Waals surface area contributed by atoms with Gasteiger partial charge in [-0.15, -0.1) is 0 Å². The van der Waals surface area contributed by atoms with Crippen molar-refractivity contribution < 1.29 is 4.74 Å². The van der Waals surface area contributed by atoms with Crippen LogP contribution in [0.5, 0.6) is 5.75 Å². The Morgan fingerprint density at radius 1 is 1.21 bits per heavy atom. The second kappa shape index (κ2) is 6.65. The molecule has 0 bridgehead atoms. The molecule has 0 heterocycles. The Morgan fingerprint density at radius 3 is 2.79 bits per heavy atom. The molecule has 0 radical (unpaired) electrons. The van der Waals surface area contributed by atoms with Gasteiger partial charge in [0.05, 0.1) is 0 Å². The SMILES string of the molecule is Cc1cccc(OCCNc2ccc(N)cc2I)c1. The van der Waals surface area contributed by atoms with Crippen molar-refractivity contribution in [3.8, 4) is 5.75 Å². The van der Waals surface area contributed by atoms with Crippen LogP contribution in [0.15, 0.2) is 42.5 Å². The molecule has 0 aliphatic heterocycles. The van der Waals surface area contributed by atoms with Crippen LogP contribution in [0.4, 0.5) is 11.4 Å². The molecule has 100 valence electrons. The van der Waals surface area contributed by atoms with Crippen LogP contribution in [0.2, 0.25) is 0 Å². The number of benzene rings is 2. The summed E-state index contributed by atoms with van der Waals surface area (Å²) in [6.07, 6.45) is 0. The van der Waals surface area contributed by atoms with E-state index in [9.17, 15) is 0 Å². The predicted octanol–water partition coefficient (Wildman–Crippen LogP) is 3.67. The van der Waals surface area contributed by atoms with E-state index in [2.05, 4.69) is 40.9 Å². The number of aryl methyl sites for hydroxylation is 1. The van der Waals surface area contributed by atoms with Gasteiger partial charge in [-0.1, -0.05) is 12.1 Å². The predicted molar refractivity (Wildman–Crippen MR) is 88.7 cm³/mol. The first-order chi connectivity index (χ1) is 9.15. The van der Waals surface area contributed by atoms with Gasteiger partial charge in [-0.05, 0) is 65.4 Å². The third-order valence-electron chi connectivity index (χ3n) is 2.67. The lowest BCUT2D eigenvalue weighted by molar-refractivity contribution is 0.332. The van der Waals surface area contributed by atoms with Crippen LogP contribution >= 0.6 is 22.6 Å². The van der Waals surface area contributed by atoms with E-state index >= 15 is 0 Å². The van der Waals surface area contributed by atoms with E-state index in [1.807, 2.05) is 36.4 Å². The molecule has 3 N–H and O–H groups in total. The summed E-state index contributed by atoms with van der Waals surface area (Å²) in [5.74, 6) is 0.911. The summed E-state index contributed by atoms with van der Waals surface area (Å²) in [5, 5.41) is 3.34. The molecule has 0 saturated heterocycles. The average molecular weight is 368 g/mol. The summed E-state index contributed by atoms with van der Waals surface area (Å²) in [5.41, 5.74) is 8.79. The largest absolute Gasteiger partial charge is 0.492 e. The van der Waals surface area contributed by atoms with Gasteiger partial charge in [-0.2, -0.15) is 0 Å². The number of hydrogen-bond donors (Lipinski definition) is 2. The molecular formula is C15H17IN2O. The van der Waals surface area contributed by atoms with Gasteiger partial charge in [0.1, 0.15) is 12.4 Å². The molecular weight excluding hydrogens is 351 g/mol. The van der Waals surface area contributed by atoms with E-state index in [1.54, 1.807) is 0 Å². The molecule has 2 aromatic carbocycles. The Balaban J connectivity index is 1.81. The Labute approximate surface area is 127 Å². The van der Waals surface area contributed by atoms with Crippen molar-refractivity contribution in [1.29, 1.82) is 0 Å². The molecule has 0 aliphatic carbocycles. The highest BCUT2D eigenvalue weighted by molar-refractivity contribution is 14.1. The number of ether oxygens (including phenoxy) is 1. The number of nitrogens with two attached hydrogens (primary N) is 1. The number of hydrogen-bond acceptors (Lipinski definition) is 3. The summed E-state index contributed by atoms with van der Waals surface area (Å²) in [4.78, 5) is 0. The van der Waals surface area contributed by atoms with E-state index in [-0.39, 0.29) is 0 Å². The molecule has 0 amide bonds. The zero-order valence-corrected chi connectivity index (χ0v) is 13.0. The van der Waals surface area contributed by atoms with Gasteiger partial charge in [-0.3, -0.25) is 0 Å². The first-order valence-electron chi connectivity index (χ1n) is 6.13. The Kier molecular flexibility index (Phi) is 4.90. The molecule has 3 nitrogen and oxygen atoms in total. The molecule has 0 aromatic heterocycles. The molecule has 2 aromatic rings. The minimum absolute atomic E-state index is 0.629. The summed E-state index contributed by atoms with van der Waals surface area (Å²) in [6.45, 7) is 3.44. The molecule has 0 fully saturated rings. The number of nitrogen functional groups attached to an aromatic ring is 1. The maximum Gasteiger partial charge on any atom is 0.119 e. The first kappa shape index (κ1) is 14.0. The summed E-state index contributed by atoms with van der Waals surface area (Å²) < 4.78 is 6.80. The molecule has 0 saturated carbocycles. The van der Waals surface area contributed by atoms with Crippen LogP contribution in [0.1, 0.15) is 5.56 Å². The van der Waals surface area contributed by atoms with Gasteiger partial charge in [0.15, 0.2) is 0 Å². The third kappa shape index (κ3) is 4.31. The Hall–Kier alpha value is -1.43. The third-order valence-corrected chi connectivity index (χ3v) is 3.56. The second-order valence-corrected chi connectivity index (χ2v) is 5.49. The van der Waals surface area contributed by atoms with Gasteiger partial charge < -0.3 is 15.8 Å². The lowest BCUT2D eigenvalue weighted by atomic mass is 10.2. The molecule has 0 atom stereocenters. The van der Waals surface area contributed by atoms with Gasteiger partial charge in [-0.25, -0.2) is 0 Å². The summed E-state index contributed by atoms with van der Waals surface area (Å²) in [7, 11) is 0. The number of halogens is 1. The Bertz CT molecular complexity index is 558. The zero-order chi connectivity index (χ0) is 13.7. The lowest BCUT2D eigenvalue weighted by Crippen LogP contribution is -2.12. The van der Waals surface area contributed by atoms with Crippen molar-refractivity contribution in [1.82, 2.24) is 0 Å². The smallest absolute Gasteiger partial charge is 0.119 e. The minimum Gasteiger partial charge on any atom is -0.492 e. The molecule has 4 heteroatoms. The molecule has 0 spiro atoms. The minimum atomic E-state index is 0.629. The highest BCUT2D eigenvalue weighted by Gasteiger charge is 1.99. The van der Waals surface area contributed by atoms with E-state index in [1.165, 1.54) is 5.56 Å². The van der Waals surface area contributed by atoms with Crippen LogP contribution in [-0.2, 0) is 0 Å². The van der Waals surface area contributed by atoms with Crippen molar-refractivity contribution in [2.24, 2.45) is 0 Å². The van der Waals surface area contributed by atoms with Crippen molar-refractivity contribution in [2.75, 3.05) is 24.2 Å². The van der Waals surface area contributed by atoms with Crippen LogP contribution < -0.4 is 15.8 Å². The number of rotatable bonds is 5. The molecule has 0 aliphatic rings. The summed E-state index contributed by atoms with van der Waals surface area (Å²) in [6, 6.07) is 13.9. The van der Waals surface area contributed by atoms with Gasteiger partial charge in [0.2, 0.25) is 0 Å². The van der Waals surface area contributed by atoms with Gasteiger partial charge in [0, 0.05) is 21.5 Å². The monoisotopic (exact) mass is 368 g/mol. The zero-order valence-electron chi connectivity index (χ0n) is 10.8. The number of anilines is 2. The summed E-state index contributed by atoms with van der Waals surface area (Å²) >= 11 is 2.27. The highest BCUT2D eigenvalue weighted by Crippen LogP contribution is 2.20. The van der Waals surface area contributed by atoms with E-state index in [0.717, 1.165) is 27.2 Å². The highest BCUT2D eigenvalue weighted by atomic mass is 127. The quantitative estimate of drug-likeness (QED) is 0.481. The van der Waals surface area contributed by atoms with Gasteiger partial charge in [0.25, 0.3) is 0 Å². The van der Waals surface area contributed by atoms with Crippen molar-refractivity contribution in [3.63, 3.8) is 0 Å². The topological polar surface area (TPSA) is 47.3 Å². The molecule has 2 rings (SSSR count). The molecule has 0 unspecified atom stereocenters. The fourth-order valence-electron chi connectivity index (χ4n) is 1.73. The maximum absolute atomic E-state index is 5.72. The van der Waals surface area contributed by atoms with E-state index in [4.69, 9.17) is 10.5 Å². The van der Waals surface area contributed by atoms with Crippen molar-refractivity contribution >= 4 is 34.0 Å². The van der Waals surface area contributed by atoms with Crippen LogP contribution in [-0.4, -0.2) is 13.2 Å². The van der Waals surface area contributed by atoms with E-state index < -0.39 is 0 Å². The second-order valence-electron chi connectivity index (χ2n) is 4.33. The molecule has 19 heavy (non-hydrogen) atoms. The lowest BCUT2D eigenvalue weighted by Gasteiger charge is -2.10. The normalized spacial score (nSPS) is 10.2. The number of nitrogens with one attached hydrogen (secondary N) is 1. The van der Waals surface area contributed by atoms with Crippen LogP contribution in [0.25, 0.3) is 0 Å².